The maximum Gasteiger partial charge on any atom is 0.305 e. The molecule has 1 aliphatic heterocycles. The van der Waals surface area contributed by atoms with E-state index in [-0.39, 0.29) is 29.5 Å². The van der Waals surface area contributed by atoms with Gasteiger partial charge in [-0.1, -0.05) is 30.3 Å². The normalized spacial score (nSPS) is 17.7. The number of esters is 1. The number of methoxy groups -OCH3 is 1. The lowest BCUT2D eigenvalue weighted by atomic mass is 9.75. The number of ether oxygens (including phenoxy) is 2. The van der Waals surface area contributed by atoms with Crippen LogP contribution in [0.25, 0.3) is 22.3 Å². The summed E-state index contributed by atoms with van der Waals surface area (Å²) < 4.78 is 41.8. The second kappa shape index (κ2) is 13.0. The van der Waals surface area contributed by atoms with Gasteiger partial charge >= 0.3 is 5.97 Å². The van der Waals surface area contributed by atoms with Crippen molar-refractivity contribution in [2.75, 3.05) is 7.11 Å². The molecule has 4 N–H and O–H groups in total. The molecule has 4 bridgehead atoms. The minimum atomic E-state index is -0.563. The Kier molecular flexibility index (Phi) is 8.70. The number of imidazole rings is 1. The summed E-state index contributed by atoms with van der Waals surface area (Å²) in [5.74, 6) is -0.284. The monoisotopic (exact) mass is 623 g/mol. The molecule has 0 spiro atoms. The average Bonchev–Trinajstić information content (AvgIpc) is 3.74. The van der Waals surface area contributed by atoms with Crippen molar-refractivity contribution in [2.24, 2.45) is 10.7 Å². The smallest absolute Gasteiger partial charge is 0.305 e. The van der Waals surface area contributed by atoms with Gasteiger partial charge < -0.3 is 25.2 Å². The van der Waals surface area contributed by atoms with Crippen LogP contribution < -0.4 is 10.5 Å². The van der Waals surface area contributed by atoms with Gasteiger partial charge in [0.15, 0.2) is 11.6 Å². The summed E-state index contributed by atoms with van der Waals surface area (Å²) in [6.07, 6.45) is 10.0. The number of halogens is 2. The number of amidine groups is 1. The fourth-order valence-corrected chi connectivity index (χ4v) is 5.95. The van der Waals surface area contributed by atoms with Crippen LogP contribution in [-0.2, 0) is 27.8 Å². The number of H-pyrrole nitrogens is 2. The molecule has 0 saturated carbocycles. The van der Waals surface area contributed by atoms with Gasteiger partial charge in [0, 0.05) is 65.1 Å². The molecule has 2 aromatic heterocycles. The van der Waals surface area contributed by atoms with Crippen molar-refractivity contribution in [1.29, 1.82) is 0 Å². The molecule has 6 rings (SSSR count). The fourth-order valence-electron chi connectivity index (χ4n) is 5.95. The van der Waals surface area contributed by atoms with Crippen LogP contribution in [0, 0.1) is 11.6 Å². The van der Waals surface area contributed by atoms with Gasteiger partial charge in [-0.15, -0.1) is 0 Å². The van der Waals surface area contributed by atoms with E-state index < -0.39 is 17.0 Å². The van der Waals surface area contributed by atoms with E-state index in [9.17, 15) is 4.79 Å². The summed E-state index contributed by atoms with van der Waals surface area (Å²) >= 11 is 0. The third-order valence-electron chi connectivity index (χ3n) is 8.65. The number of aromatic amines is 2. The van der Waals surface area contributed by atoms with Crippen LogP contribution in [0.15, 0.2) is 84.3 Å². The predicted octanol–water partition coefficient (Wildman–Crippen LogP) is 7.64. The number of benzene rings is 3. The summed E-state index contributed by atoms with van der Waals surface area (Å²) in [7, 11) is 1.38. The van der Waals surface area contributed by atoms with Gasteiger partial charge in [-0.25, -0.2) is 18.8 Å². The van der Waals surface area contributed by atoms with Crippen molar-refractivity contribution in [2.45, 2.75) is 50.9 Å². The lowest BCUT2D eigenvalue weighted by Gasteiger charge is -2.29. The van der Waals surface area contributed by atoms with Crippen molar-refractivity contribution in [3.05, 3.63) is 113 Å². The highest BCUT2D eigenvalue weighted by atomic mass is 19.1. The number of carbonyl (C=O) groups excluding carboxylic acids is 1. The lowest BCUT2D eigenvalue weighted by Crippen LogP contribution is -2.24. The van der Waals surface area contributed by atoms with Crippen LogP contribution in [-0.4, -0.2) is 33.9 Å². The Morgan fingerprint density at radius 2 is 1.98 bits per heavy atom. The molecule has 0 fully saturated rings. The highest BCUT2D eigenvalue weighted by Crippen LogP contribution is 2.39. The minimum absolute atomic E-state index is 0.0499. The van der Waals surface area contributed by atoms with Crippen LogP contribution in [0.3, 0.4) is 0 Å². The maximum absolute atomic E-state index is 15.5. The highest BCUT2D eigenvalue weighted by molar-refractivity contribution is 5.87. The molecule has 0 saturated heterocycles. The number of aromatic nitrogens is 3. The topological polar surface area (TPSA) is 118 Å². The van der Waals surface area contributed by atoms with Gasteiger partial charge in [0.05, 0.1) is 18.5 Å². The first-order valence-electron chi connectivity index (χ1n) is 15.2. The molecule has 10 heteroatoms. The van der Waals surface area contributed by atoms with Crippen LogP contribution in [0.4, 0.5) is 8.78 Å². The van der Waals surface area contributed by atoms with E-state index in [2.05, 4.69) is 32.9 Å². The number of carbonyl (C=O) groups is 1. The highest BCUT2D eigenvalue weighted by Gasteiger charge is 2.31. The van der Waals surface area contributed by atoms with E-state index in [1.165, 1.54) is 31.4 Å². The number of hydrogen-bond acceptors (Lipinski definition) is 6. The van der Waals surface area contributed by atoms with E-state index in [1.807, 2.05) is 30.3 Å². The van der Waals surface area contributed by atoms with Crippen molar-refractivity contribution in [1.82, 2.24) is 15.0 Å². The van der Waals surface area contributed by atoms with Gasteiger partial charge in [0.1, 0.15) is 17.4 Å². The Balaban J connectivity index is 1.43. The number of nitrogens with zero attached hydrogens (tertiary/aromatic N) is 2. The Morgan fingerprint density at radius 1 is 1.11 bits per heavy atom. The van der Waals surface area contributed by atoms with E-state index in [1.54, 1.807) is 18.6 Å². The van der Waals surface area contributed by atoms with Crippen LogP contribution in [0.2, 0.25) is 0 Å². The van der Waals surface area contributed by atoms with Crippen LogP contribution >= 0.6 is 0 Å². The maximum atomic E-state index is 15.5. The average molecular weight is 624 g/mol. The molecule has 3 heterocycles. The summed E-state index contributed by atoms with van der Waals surface area (Å²) in [5, 5.41) is 0.806. The summed E-state index contributed by atoms with van der Waals surface area (Å²) in [5.41, 5.74) is 9.97. The number of aryl methyl sites for hydroxylation is 2. The van der Waals surface area contributed by atoms with E-state index in [0.717, 1.165) is 22.2 Å². The first-order chi connectivity index (χ1) is 22.2. The number of fused-ring (bicyclic) bond motifs is 8. The molecule has 1 atom stereocenters. The third-order valence-corrected chi connectivity index (χ3v) is 8.65. The molecule has 3 aromatic carbocycles. The van der Waals surface area contributed by atoms with Crippen molar-refractivity contribution in [3.8, 4) is 22.9 Å². The van der Waals surface area contributed by atoms with Gasteiger partial charge in [-0.2, -0.15) is 0 Å². The number of nitrogens with two attached hydrogens (primary N) is 1. The van der Waals surface area contributed by atoms with Crippen molar-refractivity contribution < 1.29 is 23.0 Å². The summed E-state index contributed by atoms with van der Waals surface area (Å²) in [6.45, 7) is 2.10. The number of aliphatic imine (C=N–C) groups is 1. The Hall–Kier alpha value is -5.25. The quantitative estimate of drug-likeness (QED) is 0.178. The minimum Gasteiger partial charge on any atom is -0.469 e. The number of nitrogens with one attached hydrogen (secondary N) is 2. The van der Waals surface area contributed by atoms with Gasteiger partial charge in [-0.3, -0.25) is 4.79 Å². The zero-order valence-corrected chi connectivity index (χ0v) is 25.7. The largest absolute Gasteiger partial charge is 0.469 e. The SMILES string of the molecule is COC(=O)CCc1cccc(C2(C)CC/C=C/N=C(N)CCc3c(c(F)cc4[nH]ccc34)Oc3ccc(F)c(c3)-c3ncc2[nH]3)c1. The number of hydrogen-bond donors (Lipinski definition) is 3. The standard InChI is InChI=1S/C36H35F2N5O3/c1-36(23-7-5-6-22(18-23)8-13-33(44)45-2)15-3-4-16-41-32(39)12-10-26-25-14-17-40-30(25)20-29(38)34(26)46-24-9-11-28(37)27(19-24)35-42-21-31(36)43-35/h4-7,9,11,14,16-21,40H,3,8,10,12-13,15H2,1-2H3,(H2,39,41)(H,42,43)/b16-4+. The summed E-state index contributed by atoms with van der Waals surface area (Å²) in [4.78, 5) is 27.2. The zero-order valence-electron chi connectivity index (χ0n) is 25.7. The Morgan fingerprint density at radius 3 is 2.83 bits per heavy atom. The molecular weight excluding hydrogens is 588 g/mol. The Bertz CT molecular complexity index is 1960. The molecule has 0 radical (unpaired) electrons. The van der Waals surface area contributed by atoms with Gasteiger partial charge in [-0.05, 0) is 68.0 Å². The van der Waals surface area contributed by atoms with Crippen LogP contribution in [0.5, 0.6) is 11.5 Å². The fraction of sp³-hybridized carbons (Fsp3) is 0.250. The first kappa shape index (κ1) is 30.8. The second-order valence-corrected chi connectivity index (χ2v) is 11.6. The second-order valence-electron chi connectivity index (χ2n) is 11.6. The molecule has 46 heavy (non-hydrogen) atoms. The lowest BCUT2D eigenvalue weighted by molar-refractivity contribution is -0.140. The van der Waals surface area contributed by atoms with Crippen molar-refractivity contribution in [3.63, 3.8) is 0 Å². The molecular formula is C36H35F2N5O3. The molecule has 236 valence electrons. The molecule has 0 aliphatic carbocycles. The molecule has 8 nitrogen and oxygen atoms in total. The van der Waals surface area contributed by atoms with E-state index in [4.69, 9.17) is 15.2 Å². The Labute approximate surface area is 265 Å². The molecule has 0 amide bonds. The predicted molar refractivity (Wildman–Crippen MR) is 174 cm³/mol. The van der Waals surface area contributed by atoms with Crippen LogP contribution in [0.1, 0.15) is 55.0 Å². The van der Waals surface area contributed by atoms with Gasteiger partial charge in [0.25, 0.3) is 0 Å². The number of allylic oxidation sites excluding steroid dienone is 1. The molecule has 1 unspecified atom stereocenters. The number of rotatable bonds is 4. The van der Waals surface area contributed by atoms with E-state index >= 15 is 8.78 Å². The molecule has 1 aliphatic rings. The summed E-state index contributed by atoms with van der Waals surface area (Å²) in [6, 6.07) is 15.6. The van der Waals surface area contributed by atoms with Crippen molar-refractivity contribution >= 4 is 22.7 Å². The third kappa shape index (κ3) is 6.28. The first-order valence-corrected chi connectivity index (χ1v) is 15.2. The molecule has 5 aromatic rings. The van der Waals surface area contributed by atoms with Gasteiger partial charge in [0.2, 0.25) is 0 Å². The zero-order chi connectivity index (χ0) is 32.3. The van der Waals surface area contributed by atoms with E-state index in [0.29, 0.717) is 54.8 Å².